The van der Waals surface area contributed by atoms with Crippen LogP contribution in [0, 0.1) is 0 Å². The van der Waals surface area contributed by atoms with E-state index in [1.54, 1.807) is 4.90 Å². The molecule has 0 aliphatic rings. The lowest BCUT2D eigenvalue weighted by atomic mass is 10.2. The first-order chi connectivity index (χ1) is 8.72. The smallest absolute Gasteiger partial charge is 0.278 e. The number of amides is 1. The summed E-state index contributed by atoms with van der Waals surface area (Å²) < 4.78 is 0. The number of anilines is 1. The summed E-state index contributed by atoms with van der Waals surface area (Å²) in [5, 5.41) is 9.78. The second-order valence-electron chi connectivity index (χ2n) is 3.86. The summed E-state index contributed by atoms with van der Waals surface area (Å²) in [5.74, 6) is -0.0842. The number of aromatic nitrogens is 3. The molecule has 1 aromatic carbocycles. The second kappa shape index (κ2) is 5.31. The number of hydrogen-bond donors (Lipinski definition) is 2. The third-order valence-corrected chi connectivity index (χ3v) is 2.66. The summed E-state index contributed by atoms with van der Waals surface area (Å²) in [6.45, 7) is 3.03. The Bertz CT molecular complexity index is 522. The second-order valence-corrected chi connectivity index (χ2v) is 3.86. The number of nitrogen functional groups attached to an aromatic ring is 1. The van der Waals surface area contributed by atoms with E-state index < -0.39 is 0 Å². The van der Waals surface area contributed by atoms with Gasteiger partial charge < -0.3 is 10.6 Å². The lowest BCUT2D eigenvalue weighted by Gasteiger charge is -2.19. The van der Waals surface area contributed by atoms with E-state index in [0.717, 1.165) is 5.56 Å². The SMILES string of the molecule is CCN(Cc1ccccc1)C(=O)c1n[nH]nc1N. The van der Waals surface area contributed by atoms with Crippen molar-refractivity contribution in [2.45, 2.75) is 13.5 Å². The van der Waals surface area contributed by atoms with Gasteiger partial charge in [-0.05, 0) is 12.5 Å². The van der Waals surface area contributed by atoms with Crippen molar-refractivity contribution in [1.82, 2.24) is 20.3 Å². The zero-order valence-electron chi connectivity index (χ0n) is 10.1. The number of rotatable bonds is 4. The van der Waals surface area contributed by atoms with Gasteiger partial charge in [-0.2, -0.15) is 5.21 Å². The normalized spacial score (nSPS) is 10.3. The monoisotopic (exact) mass is 245 g/mol. The number of benzene rings is 1. The van der Waals surface area contributed by atoms with Gasteiger partial charge in [-0.15, -0.1) is 10.2 Å². The maximum atomic E-state index is 12.2. The Morgan fingerprint density at radius 3 is 2.61 bits per heavy atom. The Morgan fingerprint density at radius 1 is 1.33 bits per heavy atom. The molecule has 0 unspecified atom stereocenters. The number of hydrogen-bond acceptors (Lipinski definition) is 4. The Morgan fingerprint density at radius 2 is 2.06 bits per heavy atom. The van der Waals surface area contributed by atoms with Gasteiger partial charge in [0.15, 0.2) is 11.5 Å². The molecule has 2 rings (SSSR count). The number of aromatic amines is 1. The zero-order valence-corrected chi connectivity index (χ0v) is 10.1. The molecule has 1 aromatic heterocycles. The van der Waals surface area contributed by atoms with Crippen molar-refractivity contribution in [2.75, 3.05) is 12.3 Å². The van der Waals surface area contributed by atoms with Crippen molar-refractivity contribution < 1.29 is 4.79 Å². The molecule has 1 heterocycles. The number of carbonyl (C=O) groups excluding carboxylic acids is 1. The Kier molecular flexibility index (Phi) is 3.57. The Hall–Kier alpha value is -2.37. The summed E-state index contributed by atoms with van der Waals surface area (Å²) in [5.41, 5.74) is 6.81. The predicted octanol–water partition coefficient (Wildman–Crippen LogP) is 1.05. The van der Waals surface area contributed by atoms with Crippen LogP contribution in [-0.2, 0) is 6.54 Å². The van der Waals surface area contributed by atoms with Crippen molar-refractivity contribution in [3.8, 4) is 0 Å². The summed E-state index contributed by atoms with van der Waals surface area (Å²) in [7, 11) is 0. The van der Waals surface area contributed by atoms with E-state index in [2.05, 4.69) is 15.4 Å². The number of H-pyrrole nitrogens is 1. The topological polar surface area (TPSA) is 87.9 Å². The van der Waals surface area contributed by atoms with Crippen LogP contribution in [0.25, 0.3) is 0 Å². The highest BCUT2D eigenvalue weighted by Gasteiger charge is 2.20. The number of nitrogens with one attached hydrogen (secondary N) is 1. The molecule has 0 aliphatic carbocycles. The van der Waals surface area contributed by atoms with Gasteiger partial charge in [0.25, 0.3) is 5.91 Å². The van der Waals surface area contributed by atoms with Gasteiger partial charge in [0, 0.05) is 13.1 Å². The average molecular weight is 245 g/mol. The molecule has 6 nitrogen and oxygen atoms in total. The first-order valence-corrected chi connectivity index (χ1v) is 5.71. The minimum absolute atomic E-state index is 0.131. The molecule has 0 atom stereocenters. The number of nitrogens with zero attached hydrogens (tertiary/aromatic N) is 3. The molecule has 6 heteroatoms. The molecule has 0 fully saturated rings. The van der Waals surface area contributed by atoms with Crippen molar-refractivity contribution in [3.63, 3.8) is 0 Å². The Balaban J connectivity index is 2.15. The highest BCUT2D eigenvalue weighted by Crippen LogP contribution is 2.11. The maximum Gasteiger partial charge on any atom is 0.278 e. The first kappa shape index (κ1) is 12.1. The molecule has 0 radical (unpaired) electrons. The quantitative estimate of drug-likeness (QED) is 0.842. The number of nitrogens with two attached hydrogens (primary N) is 1. The molecule has 2 aromatic rings. The summed E-state index contributed by atoms with van der Waals surface area (Å²) in [4.78, 5) is 13.9. The summed E-state index contributed by atoms with van der Waals surface area (Å²) >= 11 is 0. The zero-order chi connectivity index (χ0) is 13.0. The van der Waals surface area contributed by atoms with Gasteiger partial charge in [0.2, 0.25) is 0 Å². The summed E-state index contributed by atoms with van der Waals surface area (Å²) in [6, 6.07) is 9.78. The molecule has 94 valence electrons. The first-order valence-electron chi connectivity index (χ1n) is 5.71. The van der Waals surface area contributed by atoms with E-state index in [1.165, 1.54) is 0 Å². The molecule has 0 saturated carbocycles. The Labute approximate surface area is 105 Å². The van der Waals surface area contributed by atoms with Crippen LogP contribution in [0.4, 0.5) is 5.82 Å². The molecular weight excluding hydrogens is 230 g/mol. The molecule has 0 bridgehead atoms. The lowest BCUT2D eigenvalue weighted by molar-refractivity contribution is 0.0747. The highest BCUT2D eigenvalue weighted by molar-refractivity contribution is 5.96. The highest BCUT2D eigenvalue weighted by atomic mass is 16.2. The molecular formula is C12H15N5O. The third-order valence-electron chi connectivity index (χ3n) is 2.66. The van der Waals surface area contributed by atoms with Crippen LogP contribution >= 0.6 is 0 Å². The van der Waals surface area contributed by atoms with Crippen LogP contribution in [-0.4, -0.2) is 32.8 Å². The van der Waals surface area contributed by atoms with E-state index in [1.807, 2.05) is 37.3 Å². The van der Waals surface area contributed by atoms with E-state index in [-0.39, 0.29) is 17.4 Å². The van der Waals surface area contributed by atoms with E-state index in [0.29, 0.717) is 13.1 Å². The van der Waals surface area contributed by atoms with Crippen molar-refractivity contribution in [1.29, 1.82) is 0 Å². The molecule has 0 aliphatic heterocycles. The minimum atomic E-state index is -0.215. The van der Waals surface area contributed by atoms with Gasteiger partial charge >= 0.3 is 0 Å². The predicted molar refractivity (Wildman–Crippen MR) is 67.7 cm³/mol. The van der Waals surface area contributed by atoms with Gasteiger partial charge in [-0.3, -0.25) is 4.79 Å². The summed E-state index contributed by atoms with van der Waals surface area (Å²) in [6.07, 6.45) is 0. The fourth-order valence-electron chi connectivity index (χ4n) is 1.68. The lowest BCUT2D eigenvalue weighted by Crippen LogP contribution is -2.31. The number of carbonyl (C=O) groups is 1. The average Bonchev–Trinajstić information content (AvgIpc) is 2.82. The molecule has 0 spiro atoms. The molecule has 18 heavy (non-hydrogen) atoms. The fourth-order valence-corrected chi connectivity index (χ4v) is 1.68. The van der Waals surface area contributed by atoms with Crippen LogP contribution in [0.3, 0.4) is 0 Å². The van der Waals surface area contributed by atoms with E-state index >= 15 is 0 Å². The van der Waals surface area contributed by atoms with Gasteiger partial charge in [0.1, 0.15) is 0 Å². The van der Waals surface area contributed by atoms with E-state index in [4.69, 9.17) is 5.73 Å². The van der Waals surface area contributed by atoms with Gasteiger partial charge in [-0.1, -0.05) is 30.3 Å². The van der Waals surface area contributed by atoms with Crippen molar-refractivity contribution in [2.24, 2.45) is 0 Å². The molecule has 3 N–H and O–H groups in total. The van der Waals surface area contributed by atoms with E-state index in [9.17, 15) is 4.79 Å². The molecule has 0 saturated heterocycles. The van der Waals surface area contributed by atoms with Crippen LogP contribution in [0.5, 0.6) is 0 Å². The van der Waals surface area contributed by atoms with Crippen LogP contribution in [0.2, 0.25) is 0 Å². The minimum Gasteiger partial charge on any atom is -0.380 e. The van der Waals surface area contributed by atoms with Gasteiger partial charge in [-0.25, -0.2) is 0 Å². The van der Waals surface area contributed by atoms with Crippen molar-refractivity contribution >= 4 is 11.7 Å². The van der Waals surface area contributed by atoms with Gasteiger partial charge in [0.05, 0.1) is 0 Å². The molecule has 1 amide bonds. The van der Waals surface area contributed by atoms with Crippen LogP contribution in [0.1, 0.15) is 23.0 Å². The van der Waals surface area contributed by atoms with Crippen LogP contribution in [0.15, 0.2) is 30.3 Å². The third kappa shape index (κ3) is 2.48. The van der Waals surface area contributed by atoms with Crippen molar-refractivity contribution in [3.05, 3.63) is 41.6 Å². The largest absolute Gasteiger partial charge is 0.380 e. The fraction of sp³-hybridized carbons (Fsp3) is 0.250. The maximum absolute atomic E-state index is 12.2. The van der Waals surface area contributed by atoms with Crippen LogP contribution < -0.4 is 5.73 Å². The standard InChI is InChI=1S/C12H15N5O/c1-2-17(8-9-6-4-3-5-7-9)12(18)10-11(13)15-16-14-10/h3-7H,2,8H2,1H3,(H3,13,14,15,16).